The van der Waals surface area contributed by atoms with Crippen LogP contribution in [0.15, 0.2) is 52.9 Å². The fraction of sp³-hybridized carbons (Fsp3) is 0.417. The second-order valence-corrected chi connectivity index (χ2v) is 7.84. The third-order valence-corrected chi connectivity index (χ3v) is 5.55. The molecule has 3 aromatic rings. The van der Waals surface area contributed by atoms with Crippen LogP contribution in [-0.2, 0) is 11.2 Å². The van der Waals surface area contributed by atoms with E-state index in [-0.39, 0.29) is 5.91 Å². The van der Waals surface area contributed by atoms with Crippen LogP contribution in [0, 0.1) is 0 Å². The average Bonchev–Trinajstić information content (AvgIpc) is 3.19. The number of morpholine rings is 1. The summed E-state index contributed by atoms with van der Waals surface area (Å²) in [5.74, 6) is 0.688. The number of fused-ring (bicyclic) bond motifs is 1. The van der Waals surface area contributed by atoms with Crippen molar-refractivity contribution in [3.05, 3.63) is 65.5 Å². The van der Waals surface area contributed by atoms with Crippen LogP contribution in [0.4, 0.5) is 0 Å². The summed E-state index contributed by atoms with van der Waals surface area (Å²) in [7, 11) is 1.87. The zero-order valence-corrected chi connectivity index (χ0v) is 17.5. The van der Waals surface area contributed by atoms with Crippen LogP contribution in [0.5, 0.6) is 0 Å². The van der Waals surface area contributed by atoms with Crippen LogP contribution in [0.25, 0.3) is 11.1 Å². The smallest absolute Gasteiger partial charge is 0.253 e. The highest BCUT2D eigenvalue weighted by atomic mass is 16.5. The first-order valence-electron chi connectivity index (χ1n) is 10.7. The van der Waals surface area contributed by atoms with Gasteiger partial charge in [0, 0.05) is 38.7 Å². The summed E-state index contributed by atoms with van der Waals surface area (Å²) >= 11 is 0. The predicted molar refractivity (Wildman–Crippen MR) is 117 cm³/mol. The second-order valence-electron chi connectivity index (χ2n) is 7.84. The largest absolute Gasteiger partial charge is 0.440 e. The zero-order chi connectivity index (χ0) is 20.8. The van der Waals surface area contributed by atoms with E-state index in [0.29, 0.717) is 23.5 Å². The number of hydrogen-bond donors (Lipinski definition) is 0. The number of nitrogens with zero attached hydrogens (tertiary/aromatic N) is 3. The Morgan fingerprint density at radius 3 is 2.70 bits per heavy atom. The zero-order valence-electron chi connectivity index (χ0n) is 17.5. The molecule has 0 unspecified atom stereocenters. The van der Waals surface area contributed by atoms with Crippen LogP contribution in [0.1, 0.15) is 34.7 Å². The molecule has 0 aliphatic carbocycles. The number of rotatable bonds is 8. The molecule has 1 aromatic heterocycles. The van der Waals surface area contributed by atoms with E-state index >= 15 is 0 Å². The molecule has 1 saturated heterocycles. The molecule has 1 fully saturated rings. The van der Waals surface area contributed by atoms with Gasteiger partial charge in [0.15, 0.2) is 11.5 Å². The lowest BCUT2D eigenvalue weighted by Gasteiger charge is -2.26. The fourth-order valence-electron chi connectivity index (χ4n) is 3.79. The summed E-state index contributed by atoms with van der Waals surface area (Å²) in [5.41, 5.74) is 3.24. The minimum Gasteiger partial charge on any atom is -0.440 e. The number of carbonyl (C=O) groups excluding carboxylic acids is 1. The molecule has 0 spiro atoms. The van der Waals surface area contributed by atoms with Crippen molar-refractivity contribution in [1.29, 1.82) is 0 Å². The van der Waals surface area contributed by atoms with E-state index in [2.05, 4.69) is 22.0 Å². The van der Waals surface area contributed by atoms with E-state index in [1.807, 2.05) is 43.4 Å². The summed E-state index contributed by atoms with van der Waals surface area (Å²) in [4.78, 5) is 21.6. The number of amides is 1. The fourth-order valence-corrected chi connectivity index (χ4v) is 3.79. The standard InChI is InChI=1S/C24H29N3O3/c1-26(11-5-6-12-27-13-15-29-16-14-27)24(28)20-9-10-22-21(18-20)25-23(30-22)17-19-7-3-2-4-8-19/h2-4,7-10,18H,5-6,11-17H2,1H3. The molecule has 1 aliphatic rings. The molecule has 0 saturated carbocycles. The normalized spacial score (nSPS) is 14.8. The molecule has 2 aromatic carbocycles. The van der Waals surface area contributed by atoms with Crippen molar-refractivity contribution in [2.45, 2.75) is 19.3 Å². The van der Waals surface area contributed by atoms with E-state index in [1.165, 1.54) is 0 Å². The van der Waals surface area contributed by atoms with Gasteiger partial charge >= 0.3 is 0 Å². The number of oxazole rings is 1. The van der Waals surface area contributed by atoms with Crippen molar-refractivity contribution >= 4 is 17.0 Å². The number of unbranched alkanes of at least 4 members (excludes halogenated alkanes) is 1. The molecular weight excluding hydrogens is 378 g/mol. The summed E-state index contributed by atoms with van der Waals surface area (Å²) in [6.45, 7) is 5.50. The molecule has 1 aliphatic heterocycles. The van der Waals surface area contributed by atoms with Gasteiger partial charge in [-0.1, -0.05) is 30.3 Å². The van der Waals surface area contributed by atoms with Crippen LogP contribution < -0.4 is 0 Å². The molecule has 30 heavy (non-hydrogen) atoms. The van der Waals surface area contributed by atoms with Crippen LogP contribution in [0.3, 0.4) is 0 Å². The highest BCUT2D eigenvalue weighted by molar-refractivity contribution is 5.97. The molecule has 158 valence electrons. The molecule has 0 radical (unpaired) electrons. The lowest BCUT2D eigenvalue weighted by atomic mass is 10.1. The van der Waals surface area contributed by atoms with Crippen molar-refractivity contribution in [2.24, 2.45) is 0 Å². The third-order valence-electron chi connectivity index (χ3n) is 5.55. The van der Waals surface area contributed by atoms with E-state index in [4.69, 9.17) is 9.15 Å². The first kappa shape index (κ1) is 20.6. The van der Waals surface area contributed by atoms with Gasteiger partial charge < -0.3 is 14.1 Å². The van der Waals surface area contributed by atoms with E-state index in [1.54, 1.807) is 4.90 Å². The highest BCUT2D eigenvalue weighted by Crippen LogP contribution is 2.20. The molecular formula is C24H29N3O3. The molecule has 6 nitrogen and oxygen atoms in total. The average molecular weight is 408 g/mol. The maximum atomic E-state index is 12.8. The Balaban J connectivity index is 1.32. The van der Waals surface area contributed by atoms with Gasteiger partial charge in [0.05, 0.1) is 13.2 Å². The summed E-state index contributed by atoms with van der Waals surface area (Å²) in [6.07, 6.45) is 2.72. The summed E-state index contributed by atoms with van der Waals surface area (Å²) in [6, 6.07) is 15.6. The summed E-state index contributed by atoms with van der Waals surface area (Å²) in [5, 5.41) is 0. The van der Waals surface area contributed by atoms with Gasteiger partial charge in [-0.25, -0.2) is 4.98 Å². The first-order valence-corrected chi connectivity index (χ1v) is 10.7. The quantitative estimate of drug-likeness (QED) is 0.534. The number of benzene rings is 2. The van der Waals surface area contributed by atoms with Crippen molar-refractivity contribution in [3.8, 4) is 0 Å². The van der Waals surface area contributed by atoms with Crippen molar-refractivity contribution in [2.75, 3.05) is 46.4 Å². The van der Waals surface area contributed by atoms with E-state index in [9.17, 15) is 4.79 Å². The molecule has 6 heteroatoms. The first-order chi connectivity index (χ1) is 14.7. The van der Waals surface area contributed by atoms with E-state index in [0.717, 1.165) is 63.3 Å². The lowest BCUT2D eigenvalue weighted by Crippen LogP contribution is -2.37. The molecule has 0 bridgehead atoms. The van der Waals surface area contributed by atoms with Crippen molar-refractivity contribution in [3.63, 3.8) is 0 Å². The molecule has 0 N–H and O–H groups in total. The van der Waals surface area contributed by atoms with Crippen molar-refractivity contribution in [1.82, 2.24) is 14.8 Å². The maximum absolute atomic E-state index is 12.8. The van der Waals surface area contributed by atoms with Gasteiger partial charge in [0.25, 0.3) is 5.91 Å². The van der Waals surface area contributed by atoms with Crippen molar-refractivity contribution < 1.29 is 13.9 Å². The highest BCUT2D eigenvalue weighted by Gasteiger charge is 2.15. The molecule has 4 rings (SSSR count). The Bertz CT molecular complexity index is 964. The maximum Gasteiger partial charge on any atom is 0.253 e. The Morgan fingerprint density at radius 1 is 1.10 bits per heavy atom. The predicted octanol–water partition coefficient (Wildman–Crippen LogP) is 3.60. The van der Waals surface area contributed by atoms with Gasteiger partial charge in [0.2, 0.25) is 0 Å². The summed E-state index contributed by atoms with van der Waals surface area (Å²) < 4.78 is 11.2. The lowest BCUT2D eigenvalue weighted by molar-refractivity contribution is 0.0369. The van der Waals surface area contributed by atoms with Crippen LogP contribution >= 0.6 is 0 Å². The monoisotopic (exact) mass is 407 g/mol. The Hall–Kier alpha value is -2.70. The topological polar surface area (TPSA) is 58.8 Å². The van der Waals surface area contributed by atoms with Gasteiger partial charge in [-0.05, 0) is 43.1 Å². The SMILES string of the molecule is CN(CCCCN1CCOCC1)C(=O)c1ccc2oc(Cc3ccccc3)nc2c1. The Morgan fingerprint density at radius 2 is 1.90 bits per heavy atom. The van der Waals surface area contributed by atoms with E-state index < -0.39 is 0 Å². The van der Waals surface area contributed by atoms with Gasteiger partial charge in [-0.2, -0.15) is 0 Å². The second kappa shape index (κ2) is 9.87. The van der Waals surface area contributed by atoms with Crippen LogP contribution in [-0.4, -0.2) is 67.1 Å². The van der Waals surface area contributed by atoms with Gasteiger partial charge in [-0.15, -0.1) is 0 Å². The Labute approximate surface area is 177 Å². The Kier molecular flexibility index (Phi) is 6.77. The number of hydrogen-bond acceptors (Lipinski definition) is 5. The number of ether oxygens (including phenoxy) is 1. The molecule has 2 heterocycles. The van der Waals surface area contributed by atoms with Gasteiger partial charge in [-0.3, -0.25) is 9.69 Å². The number of carbonyl (C=O) groups is 1. The van der Waals surface area contributed by atoms with Gasteiger partial charge in [0.1, 0.15) is 5.52 Å². The number of aromatic nitrogens is 1. The van der Waals surface area contributed by atoms with Crippen LogP contribution in [0.2, 0.25) is 0 Å². The minimum atomic E-state index is 0.0240. The molecule has 1 amide bonds. The molecule has 0 atom stereocenters. The minimum absolute atomic E-state index is 0.0240. The third kappa shape index (κ3) is 5.26.